The zero-order chi connectivity index (χ0) is 21.0. The van der Waals surface area contributed by atoms with E-state index in [9.17, 15) is 9.59 Å². The molecule has 1 atom stereocenters. The number of ether oxygens (including phenoxy) is 1. The quantitative estimate of drug-likeness (QED) is 0.721. The Morgan fingerprint density at radius 1 is 1.38 bits per heavy atom. The Balaban J connectivity index is 1.70. The van der Waals surface area contributed by atoms with Gasteiger partial charge in [0.15, 0.2) is 0 Å². The van der Waals surface area contributed by atoms with Gasteiger partial charge in [-0.15, -0.1) is 0 Å². The van der Waals surface area contributed by atoms with E-state index in [1.807, 2.05) is 44.1 Å². The molecule has 0 saturated carbocycles. The molecule has 0 saturated heterocycles. The van der Waals surface area contributed by atoms with Crippen LogP contribution in [0.5, 0.6) is 5.88 Å². The van der Waals surface area contributed by atoms with Crippen LogP contribution in [0.2, 0.25) is 0 Å². The van der Waals surface area contributed by atoms with E-state index in [1.54, 1.807) is 17.2 Å². The van der Waals surface area contributed by atoms with Crippen molar-refractivity contribution in [1.82, 2.24) is 25.1 Å². The third-order valence-corrected chi connectivity index (χ3v) is 5.16. The van der Waals surface area contributed by atoms with Crippen molar-refractivity contribution in [2.45, 2.75) is 32.5 Å². The third-order valence-electron chi connectivity index (χ3n) is 5.16. The van der Waals surface area contributed by atoms with E-state index in [-0.39, 0.29) is 24.4 Å². The van der Waals surface area contributed by atoms with E-state index in [4.69, 9.17) is 4.74 Å². The Morgan fingerprint density at radius 2 is 2.17 bits per heavy atom. The Hall–Kier alpha value is -3.00. The molecule has 29 heavy (non-hydrogen) atoms. The summed E-state index contributed by atoms with van der Waals surface area (Å²) in [6.07, 6.45) is 2.43. The lowest BCUT2D eigenvalue weighted by molar-refractivity contribution is -0.125. The molecule has 2 amide bonds. The third kappa shape index (κ3) is 4.71. The fourth-order valence-corrected chi connectivity index (χ4v) is 3.15. The summed E-state index contributed by atoms with van der Waals surface area (Å²) < 4.78 is 5.40. The van der Waals surface area contributed by atoms with Gasteiger partial charge in [0.25, 0.3) is 5.91 Å². The second kappa shape index (κ2) is 9.00. The molecule has 8 nitrogen and oxygen atoms in total. The van der Waals surface area contributed by atoms with Gasteiger partial charge in [-0.2, -0.15) is 0 Å². The predicted octanol–water partition coefficient (Wildman–Crippen LogP) is 1.25. The Labute approximate surface area is 170 Å². The van der Waals surface area contributed by atoms with E-state index in [2.05, 4.69) is 15.3 Å². The first-order valence-electron chi connectivity index (χ1n) is 9.60. The van der Waals surface area contributed by atoms with Crippen molar-refractivity contribution in [3.63, 3.8) is 0 Å². The summed E-state index contributed by atoms with van der Waals surface area (Å²) in [6.45, 7) is 3.10. The SMILES string of the molecule is COc1nc2c(cc1CNC(=O)[C@@H](C)N(C)C)C(=O)N(CCc1ccccn1)C2. The molecule has 8 heteroatoms. The van der Waals surface area contributed by atoms with Crippen LogP contribution in [-0.4, -0.2) is 65.4 Å². The topological polar surface area (TPSA) is 87.7 Å². The van der Waals surface area contributed by atoms with E-state index in [1.165, 1.54) is 7.11 Å². The average molecular weight is 397 g/mol. The van der Waals surface area contributed by atoms with Crippen LogP contribution < -0.4 is 10.1 Å². The average Bonchev–Trinajstić information content (AvgIpc) is 3.04. The summed E-state index contributed by atoms with van der Waals surface area (Å²) in [7, 11) is 5.23. The highest BCUT2D eigenvalue weighted by atomic mass is 16.5. The molecule has 0 spiro atoms. The first-order valence-corrected chi connectivity index (χ1v) is 9.60. The largest absolute Gasteiger partial charge is 0.481 e. The fraction of sp³-hybridized carbons (Fsp3) is 0.429. The summed E-state index contributed by atoms with van der Waals surface area (Å²) in [4.78, 5) is 37.5. The molecule has 0 unspecified atom stereocenters. The number of nitrogens with one attached hydrogen (secondary N) is 1. The molecule has 0 aliphatic carbocycles. The van der Waals surface area contributed by atoms with Crippen molar-refractivity contribution in [1.29, 1.82) is 0 Å². The van der Waals surface area contributed by atoms with Crippen molar-refractivity contribution in [2.75, 3.05) is 27.7 Å². The minimum atomic E-state index is -0.257. The molecule has 1 N–H and O–H groups in total. The molecule has 2 aromatic heterocycles. The van der Waals surface area contributed by atoms with E-state index < -0.39 is 0 Å². The van der Waals surface area contributed by atoms with Crippen molar-refractivity contribution in [3.8, 4) is 5.88 Å². The second-order valence-corrected chi connectivity index (χ2v) is 7.31. The van der Waals surface area contributed by atoms with Crippen LogP contribution in [0.25, 0.3) is 0 Å². The summed E-state index contributed by atoms with van der Waals surface area (Å²) in [5.41, 5.74) is 2.90. The van der Waals surface area contributed by atoms with E-state index >= 15 is 0 Å². The number of rotatable bonds is 8. The number of hydrogen-bond donors (Lipinski definition) is 1. The number of nitrogens with zero attached hydrogens (tertiary/aromatic N) is 4. The Morgan fingerprint density at radius 3 is 2.83 bits per heavy atom. The van der Waals surface area contributed by atoms with Crippen molar-refractivity contribution < 1.29 is 14.3 Å². The molecule has 154 valence electrons. The van der Waals surface area contributed by atoms with Crippen molar-refractivity contribution in [2.24, 2.45) is 0 Å². The number of amides is 2. The lowest BCUT2D eigenvalue weighted by Gasteiger charge is -2.19. The smallest absolute Gasteiger partial charge is 0.256 e. The normalized spacial score (nSPS) is 14.1. The summed E-state index contributed by atoms with van der Waals surface area (Å²) >= 11 is 0. The van der Waals surface area contributed by atoms with E-state index in [0.717, 1.165) is 5.69 Å². The number of carbonyl (C=O) groups is 2. The van der Waals surface area contributed by atoms with Crippen LogP contribution >= 0.6 is 0 Å². The highest BCUT2D eigenvalue weighted by molar-refractivity contribution is 5.98. The number of hydrogen-bond acceptors (Lipinski definition) is 6. The maximum atomic E-state index is 12.8. The van der Waals surface area contributed by atoms with Gasteiger partial charge < -0.3 is 15.0 Å². The number of aromatic nitrogens is 2. The standard InChI is InChI=1S/C21H27N5O3/c1-14(25(2)3)19(27)23-12-15-11-17-18(24-20(15)29-4)13-26(21(17)28)10-8-16-7-5-6-9-22-16/h5-7,9,11,14H,8,10,12-13H2,1-4H3,(H,23,27)/t14-/m1/s1. The summed E-state index contributed by atoms with van der Waals surface area (Å²) in [6, 6.07) is 7.28. The van der Waals surface area contributed by atoms with Gasteiger partial charge in [-0.25, -0.2) is 4.98 Å². The van der Waals surface area contributed by atoms with Crippen LogP contribution in [0.4, 0.5) is 0 Å². The minimum Gasteiger partial charge on any atom is -0.481 e. The highest BCUT2D eigenvalue weighted by Gasteiger charge is 2.30. The Bertz CT molecular complexity index is 885. The van der Waals surface area contributed by atoms with Gasteiger partial charge in [0, 0.05) is 37.0 Å². The molecular weight excluding hydrogens is 370 g/mol. The van der Waals surface area contributed by atoms with Crippen molar-refractivity contribution >= 4 is 11.8 Å². The highest BCUT2D eigenvalue weighted by Crippen LogP contribution is 2.27. The number of pyridine rings is 2. The Kier molecular flexibility index (Phi) is 6.43. The summed E-state index contributed by atoms with van der Waals surface area (Å²) in [5.74, 6) is 0.280. The molecular formula is C21H27N5O3. The molecule has 1 aliphatic rings. The van der Waals surface area contributed by atoms with E-state index in [0.29, 0.717) is 42.2 Å². The van der Waals surface area contributed by atoms with Crippen molar-refractivity contribution in [3.05, 3.63) is 53.0 Å². The zero-order valence-corrected chi connectivity index (χ0v) is 17.3. The van der Waals surface area contributed by atoms with Crippen LogP contribution in [0.1, 0.15) is 34.2 Å². The fourth-order valence-electron chi connectivity index (χ4n) is 3.15. The predicted molar refractivity (Wildman–Crippen MR) is 108 cm³/mol. The molecule has 0 bridgehead atoms. The van der Waals surface area contributed by atoms with Crippen LogP contribution in [0, 0.1) is 0 Å². The monoisotopic (exact) mass is 397 g/mol. The molecule has 0 fully saturated rings. The second-order valence-electron chi connectivity index (χ2n) is 7.31. The lowest BCUT2D eigenvalue weighted by Crippen LogP contribution is -2.41. The van der Waals surface area contributed by atoms with Crippen LogP contribution in [0.3, 0.4) is 0 Å². The van der Waals surface area contributed by atoms with Gasteiger partial charge in [-0.1, -0.05) is 6.07 Å². The number of carbonyl (C=O) groups excluding carboxylic acids is 2. The van der Waals surface area contributed by atoms with Gasteiger partial charge in [-0.05, 0) is 39.2 Å². The number of fused-ring (bicyclic) bond motifs is 1. The van der Waals surface area contributed by atoms with Crippen LogP contribution in [0.15, 0.2) is 30.5 Å². The summed E-state index contributed by atoms with van der Waals surface area (Å²) in [5, 5.41) is 2.88. The first kappa shape index (κ1) is 20.7. The van der Waals surface area contributed by atoms with Gasteiger partial charge in [0.2, 0.25) is 11.8 Å². The maximum Gasteiger partial charge on any atom is 0.256 e. The maximum absolute atomic E-state index is 12.8. The number of likely N-dealkylation sites (N-methyl/N-ethyl adjacent to an activating group) is 1. The van der Waals surface area contributed by atoms with Gasteiger partial charge >= 0.3 is 0 Å². The molecule has 3 rings (SSSR count). The minimum absolute atomic E-state index is 0.0553. The molecule has 1 aliphatic heterocycles. The molecule has 3 heterocycles. The zero-order valence-electron chi connectivity index (χ0n) is 17.3. The van der Waals surface area contributed by atoms with Gasteiger partial charge in [0.1, 0.15) is 0 Å². The van der Waals surface area contributed by atoms with Gasteiger partial charge in [0.05, 0.1) is 31.0 Å². The molecule has 0 aromatic carbocycles. The van der Waals surface area contributed by atoms with Crippen LogP contribution in [-0.2, 0) is 24.3 Å². The van der Waals surface area contributed by atoms with Gasteiger partial charge in [-0.3, -0.25) is 19.5 Å². The molecule has 0 radical (unpaired) electrons. The number of methoxy groups -OCH3 is 1. The molecule has 2 aromatic rings. The first-order chi connectivity index (χ1) is 13.9. The lowest BCUT2D eigenvalue weighted by atomic mass is 10.1.